The van der Waals surface area contributed by atoms with Gasteiger partial charge in [-0.25, -0.2) is 0 Å². The summed E-state index contributed by atoms with van der Waals surface area (Å²) < 4.78 is 0. The molecular weight excluding hydrogens is 300 g/mol. The third kappa shape index (κ3) is 1.91. The molecule has 4 aliphatic carbocycles. The van der Waals surface area contributed by atoms with E-state index >= 15 is 0 Å². The number of aliphatic hydroxyl groups excluding tert-OH is 2. The summed E-state index contributed by atoms with van der Waals surface area (Å²) in [6.07, 6.45) is 12.9. The monoisotopic (exact) mass is 330 g/mol. The van der Waals surface area contributed by atoms with Crippen LogP contribution in [0.25, 0.3) is 0 Å². The third-order valence-electron chi connectivity index (χ3n) is 8.50. The standard InChI is InChI=1S/C21H30O3/c1-4-21(24)10-7-16-18-15(6-9-20(16,21)3)19(2)8-5-14(22)11-13(19)12-17(18)23/h1,11,14-18,22-24H,5-10,12H2,2-3H3/t14?,15-,16+,17?,18-,19+,20+,21?/m1/s1. The molecule has 0 saturated heterocycles. The zero-order valence-electron chi connectivity index (χ0n) is 14.8. The van der Waals surface area contributed by atoms with Gasteiger partial charge < -0.3 is 15.3 Å². The fourth-order valence-electron chi connectivity index (χ4n) is 6.93. The van der Waals surface area contributed by atoms with Gasteiger partial charge in [0, 0.05) is 5.41 Å². The molecule has 0 aliphatic heterocycles. The molecule has 0 aromatic carbocycles. The molecular formula is C21H30O3. The second-order valence-corrected chi connectivity index (χ2v) is 9.28. The lowest BCUT2D eigenvalue weighted by atomic mass is 9.45. The third-order valence-corrected chi connectivity index (χ3v) is 8.50. The van der Waals surface area contributed by atoms with E-state index in [1.165, 1.54) is 5.57 Å². The van der Waals surface area contributed by atoms with E-state index in [2.05, 4.69) is 19.8 Å². The first kappa shape index (κ1) is 16.6. The highest BCUT2D eigenvalue weighted by molar-refractivity contribution is 5.29. The summed E-state index contributed by atoms with van der Waals surface area (Å²) in [4.78, 5) is 0. The van der Waals surface area contributed by atoms with Gasteiger partial charge in [-0.15, -0.1) is 6.42 Å². The lowest BCUT2D eigenvalue weighted by molar-refractivity contribution is -0.136. The van der Waals surface area contributed by atoms with Crippen LogP contribution >= 0.6 is 0 Å². The van der Waals surface area contributed by atoms with Crippen molar-refractivity contribution < 1.29 is 15.3 Å². The fourth-order valence-corrected chi connectivity index (χ4v) is 6.93. The van der Waals surface area contributed by atoms with Crippen molar-refractivity contribution in [3.8, 4) is 12.3 Å². The van der Waals surface area contributed by atoms with E-state index in [0.717, 1.165) is 32.1 Å². The van der Waals surface area contributed by atoms with Gasteiger partial charge in [-0.2, -0.15) is 0 Å². The average Bonchev–Trinajstić information content (AvgIpc) is 2.82. The van der Waals surface area contributed by atoms with Crippen LogP contribution in [0.4, 0.5) is 0 Å². The molecule has 3 fully saturated rings. The number of hydrogen-bond acceptors (Lipinski definition) is 3. The molecule has 4 rings (SSSR count). The molecule has 0 spiro atoms. The van der Waals surface area contributed by atoms with E-state index in [1.54, 1.807) is 0 Å². The number of rotatable bonds is 0. The van der Waals surface area contributed by atoms with Crippen LogP contribution in [0.3, 0.4) is 0 Å². The highest BCUT2D eigenvalue weighted by Crippen LogP contribution is 2.67. The molecule has 4 aliphatic rings. The molecule has 3 N–H and O–H groups in total. The van der Waals surface area contributed by atoms with E-state index in [0.29, 0.717) is 18.8 Å². The first-order chi connectivity index (χ1) is 11.2. The summed E-state index contributed by atoms with van der Waals surface area (Å²) >= 11 is 0. The molecule has 0 radical (unpaired) electrons. The Bertz CT molecular complexity index is 619. The largest absolute Gasteiger partial charge is 0.392 e. The molecule has 3 unspecified atom stereocenters. The predicted octanol–water partition coefficient (Wildman–Crippen LogP) is 2.65. The Morgan fingerprint density at radius 1 is 1.08 bits per heavy atom. The number of aliphatic hydroxyl groups is 3. The van der Waals surface area contributed by atoms with Crippen molar-refractivity contribution in [3.63, 3.8) is 0 Å². The van der Waals surface area contributed by atoms with E-state index < -0.39 is 5.60 Å². The molecule has 0 heterocycles. The molecule has 8 atom stereocenters. The molecule has 3 saturated carbocycles. The van der Waals surface area contributed by atoms with Gasteiger partial charge in [0.25, 0.3) is 0 Å². The van der Waals surface area contributed by atoms with Gasteiger partial charge in [-0.3, -0.25) is 0 Å². The molecule has 3 heteroatoms. The molecule has 0 aromatic rings. The molecule has 0 amide bonds. The van der Waals surface area contributed by atoms with Crippen molar-refractivity contribution in [2.45, 2.75) is 76.6 Å². The van der Waals surface area contributed by atoms with Crippen molar-refractivity contribution in [3.05, 3.63) is 11.6 Å². The van der Waals surface area contributed by atoms with E-state index in [-0.39, 0.29) is 34.9 Å². The molecule has 132 valence electrons. The van der Waals surface area contributed by atoms with Crippen LogP contribution in [-0.4, -0.2) is 33.1 Å². The van der Waals surface area contributed by atoms with Crippen LogP contribution in [0.15, 0.2) is 11.6 Å². The van der Waals surface area contributed by atoms with Crippen LogP contribution in [0, 0.1) is 40.9 Å². The Balaban J connectivity index is 1.74. The molecule has 0 bridgehead atoms. The minimum atomic E-state index is -1.03. The van der Waals surface area contributed by atoms with Gasteiger partial charge >= 0.3 is 0 Å². The average molecular weight is 330 g/mol. The van der Waals surface area contributed by atoms with Crippen LogP contribution in [0.2, 0.25) is 0 Å². The van der Waals surface area contributed by atoms with E-state index in [1.807, 2.05) is 6.08 Å². The second-order valence-electron chi connectivity index (χ2n) is 9.28. The van der Waals surface area contributed by atoms with Gasteiger partial charge in [0.05, 0.1) is 12.2 Å². The summed E-state index contributed by atoms with van der Waals surface area (Å²) in [5.74, 6) is 3.62. The predicted molar refractivity (Wildman–Crippen MR) is 92.9 cm³/mol. The zero-order valence-corrected chi connectivity index (χ0v) is 14.8. The van der Waals surface area contributed by atoms with E-state index in [4.69, 9.17) is 6.42 Å². The van der Waals surface area contributed by atoms with Crippen LogP contribution in [0.1, 0.15) is 58.8 Å². The maximum absolute atomic E-state index is 11.0. The minimum absolute atomic E-state index is 0.0846. The van der Waals surface area contributed by atoms with Gasteiger partial charge in [0.1, 0.15) is 5.60 Å². The Labute approximate surface area is 145 Å². The lowest BCUT2D eigenvalue weighted by Crippen LogP contribution is -2.58. The Hall–Kier alpha value is -0.820. The highest BCUT2D eigenvalue weighted by atomic mass is 16.3. The Morgan fingerprint density at radius 2 is 1.79 bits per heavy atom. The SMILES string of the molecule is C#CC1(O)CC[C@H]2[C@@H]3C(O)CC4=CC(O)CC[C@]4(C)[C@@H]3CC[C@@]21C. The zero-order chi connectivity index (χ0) is 17.3. The van der Waals surface area contributed by atoms with Gasteiger partial charge in [0.2, 0.25) is 0 Å². The Kier molecular flexibility index (Phi) is 3.53. The van der Waals surface area contributed by atoms with Crippen LogP contribution < -0.4 is 0 Å². The second kappa shape index (κ2) is 5.10. The van der Waals surface area contributed by atoms with Gasteiger partial charge in [-0.1, -0.05) is 31.4 Å². The van der Waals surface area contributed by atoms with Crippen molar-refractivity contribution in [2.75, 3.05) is 0 Å². The van der Waals surface area contributed by atoms with Gasteiger partial charge in [0.15, 0.2) is 0 Å². The number of hydrogen-bond donors (Lipinski definition) is 3. The quantitative estimate of drug-likeness (QED) is 0.473. The lowest BCUT2D eigenvalue weighted by Gasteiger charge is -2.60. The van der Waals surface area contributed by atoms with Crippen LogP contribution in [-0.2, 0) is 0 Å². The van der Waals surface area contributed by atoms with Crippen molar-refractivity contribution in [2.24, 2.45) is 28.6 Å². The molecule has 24 heavy (non-hydrogen) atoms. The smallest absolute Gasteiger partial charge is 0.130 e. The molecule has 3 nitrogen and oxygen atoms in total. The van der Waals surface area contributed by atoms with Crippen molar-refractivity contribution in [1.82, 2.24) is 0 Å². The van der Waals surface area contributed by atoms with Crippen molar-refractivity contribution in [1.29, 1.82) is 0 Å². The fraction of sp³-hybridized carbons (Fsp3) is 0.810. The summed E-state index contributed by atoms with van der Waals surface area (Å²) in [6.45, 7) is 4.48. The first-order valence-electron chi connectivity index (χ1n) is 9.53. The highest BCUT2D eigenvalue weighted by Gasteiger charge is 2.65. The Morgan fingerprint density at radius 3 is 2.50 bits per heavy atom. The number of fused-ring (bicyclic) bond motifs is 5. The minimum Gasteiger partial charge on any atom is -0.392 e. The maximum atomic E-state index is 11.0. The summed E-state index contributed by atoms with van der Waals surface area (Å²) in [6, 6.07) is 0. The summed E-state index contributed by atoms with van der Waals surface area (Å²) in [5, 5.41) is 32.0. The summed E-state index contributed by atoms with van der Waals surface area (Å²) in [7, 11) is 0. The van der Waals surface area contributed by atoms with Gasteiger partial charge in [-0.05, 0) is 68.1 Å². The normalized spacial score (nSPS) is 56.5. The van der Waals surface area contributed by atoms with Crippen molar-refractivity contribution >= 4 is 0 Å². The molecule has 0 aromatic heterocycles. The van der Waals surface area contributed by atoms with Crippen LogP contribution in [0.5, 0.6) is 0 Å². The number of terminal acetylenes is 1. The first-order valence-corrected chi connectivity index (χ1v) is 9.53. The topological polar surface area (TPSA) is 60.7 Å². The summed E-state index contributed by atoms with van der Waals surface area (Å²) in [5.41, 5.74) is 0.0304. The van der Waals surface area contributed by atoms with E-state index in [9.17, 15) is 15.3 Å². The maximum Gasteiger partial charge on any atom is 0.130 e.